The molecule has 1 aromatic carbocycles. The van der Waals surface area contributed by atoms with Gasteiger partial charge in [-0.2, -0.15) is 0 Å². The van der Waals surface area contributed by atoms with E-state index in [1.54, 1.807) is 19.2 Å². The van der Waals surface area contributed by atoms with Crippen molar-refractivity contribution in [3.8, 4) is 0 Å². The van der Waals surface area contributed by atoms with E-state index in [2.05, 4.69) is 21.2 Å². The largest absolute Gasteiger partial charge is 0.385 e. The van der Waals surface area contributed by atoms with Crippen molar-refractivity contribution in [2.75, 3.05) is 19.0 Å². The summed E-state index contributed by atoms with van der Waals surface area (Å²) in [7, 11) is 1.65. The van der Waals surface area contributed by atoms with Gasteiger partial charge in [0.25, 0.3) is 0 Å². The van der Waals surface area contributed by atoms with E-state index in [0.29, 0.717) is 18.1 Å². The zero-order chi connectivity index (χ0) is 13.4. The molecular formula is C13H17BrClNO2. The third-order valence-electron chi connectivity index (χ3n) is 2.48. The first kappa shape index (κ1) is 15.5. The topological polar surface area (TPSA) is 38.3 Å². The van der Waals surface area contributed by atoms with Gasteiger partial charge in [0.1, 0.15) is 0 Å². The molecule has 18 heavy (non-hydrogen) atoms. The number of hydrogen-bond acceptors (Lipinski definition) is 2. The van der Waals surface area contributed by atoms with Crippen molar-refractivity contribution in [3.05, 3.63) is 34.9 Å². The highest BCUT2D eigenvalue weighted by Crippen LogP contribution is 2.11. The second kappa shape index (κ2) is 8.51. The molecule has 0 aliphatic heterocycles. The normalized spacial score (nSPS) is 12.2. The quantitative estimate of drug-likeness (QED) is 0.779. The Hall–Kier alpha value is -0.580. The van der Waals surface area contributed by atoms with Crippen LogP contribution in [0.15, 0.2) is 24.3 Å². The van der Waals surface area contributed by atoms with Gasteiger partial charge >= 0.3 is 0 Å². The van der Waals surface area contributed by atoms with Gasteiger partial charge in [-0.3, -0.25) is 4.79 Å². The van der Waals surface area contributed by atoms with Crippen LogP contribution in [0.25, 0.3) is 0 Å². The summed E-state index contributed by atoms with van der Waals surface area (Å²) in [6.45, 7) is 0.633. The number of amides is 1. The van der Waals surface area contributed by atoms with Gasteiger partial charge in [0, 0.05) is 30.1 Å². The zero-order valence-corrected chi connectivity index (χ0v) is 12.6. The van der Waals surface area contributed by atoms with Crippen molar-refractivity contribution in [1.29, 1.82) is 0 Å². The number of benzene rings is 1. The van der Waals surface area contributed by atoms with Crippen molar-refractivity contribution in [1.82, 2.24) is 5.32 Å². The van der Waals surface area contributed by atoms with Crippen LogP contribution < -0.4 is 5.32 Å². The minimum Gasteiger partial charge on any atom is -0.385 e. The minimum atomic E-state index is -0.00202. The van der Waals surface area contributed by atoms with Gasteiger partial charge in [-0.15, -0.1) is 0 Å². The van der Waals surface area contributed by atoms with E-state index < -0.39 is 0 Å². The smallest absolute Gasteiger partial charge is 0.224 e. The third kappa shape index (κ3) is 5.85. The van der Waals surface area contributed by atoms with E-state index in [4.69, 9.17) is 16.3 Å². The molecule has 0 saturated carbocycles. The minimum absolute atomic E-state index is 0.00202. The molecule has 1 amide bonds. The van der Waals surface area contributed by atoms with Crippen LogP contribution in [0, 0.1) is 0 Å². The van der Waals surface area contributed by atoms with Crippen LogP contribution >= 0.6 is 27.5 Å². The molecule has 1 rings (SSSR count). The fourth-order valence-corrected chi connectivity index (χ4v) is 2.26. The Balaban J connectivity index is 2.45. The lowest BCUT2D eigenvalue weighted by Crippen LogP contribution is -2.37. The summed E-state index contributed by atoms with van der Waals surface area (Å²) in [6.07, 6.45) is 1.14. The molecule has 0 aliphatic rings. The van der Waals surface area contributed by atoms with E-state index in [1.807, 2.05) is 12.1 Å². The standard InChI is InChI=1S/C13H17BrClNO2/c1-18-6-5-12(9-14)16-13(17)8-10-3-2-4-11(15)7-10/h2-4,7,12H,5-6,8-9H2,1H3,(H,16,17). The lowest BCUT2D eigenvalue weighted by atomic mass is 10.1. The molecule has 0 fully saturated rings. The molecule has 3 nitrogen and oxygen atoms in total. The molecule has 0 aromatic heterocycles. The summed E-state index contributed by atoms with van der Waals surface area (Å²) in [4.78, 5) is 11.8. The number of methoxy groups -OCH3 is 1. The molecule has 1 N–H and O–H groups in total. The molecule has 0 saturated heterocycles. The van der Waals surface area contributed by atoms with Crippen LogP contribution in [0.2, 0.25) is 5.02 Å². The van der Waals surface area contributed by atoms with Crippen LogP contribution in [0.1, 0.15) is 12.0 Å². The number of hydrogen-bond donors (Lipinski definition) is 1. The highest BCUT2D eigenvalue weighted by atomic mass is 79.9. The second-order valence-corrected chi connectivity index (χ2v) is 5.09. The summed E-state index contributed by atoms with van der Waals surface area (Å²) in [6, 6.07) is 7.43. The Morgan fingerprint density at radius 2 is 2.33 bits per heavy atom. The number of alkyl halides is 1. The van der Waals surface area contributed by atoms with Crippen molar-refractivity contribution < 1.29 is 9.53 Å². The molecule has 0 radical (unpaired) electrons. The Morgan fingerprint density at radius 1 is 1.56 bits per heavy atom. The van der Waals surface area contributed by atoms with E-state index in [0.717, 1.165) is 17.3 Å². The van der Waals surface area contributed by atoms with Gasteiger partial charge in [-0.25, -0.2) is 0 Å². The van der Waals surface area contributed by atoms with E-state index in [-0.39, 0.29) is 11.9 Å². The number of ether oxygens (including phenoxy) is 1. The third-order valence-corrected chi connectivity index (χ3v) is 3.49. The summed E-state index contributed by atoms with van der Waals surface area (Å²) < 4.78 is 5.00. The SMILES string of the molecule is COCCC(CBr)NC(=O)Cc1cccc(Cl)c1. The Morgan fingerprint density at radius 3 is 2.94 bits per heavy atom. The maximum Gasteiger partial charge on any atom is 0.224 e. The van der Waals surface area contributed by atoms with Gasteiger partial charge in [-0.05, 0) is 24.1 Å². The average molecular weight is 335 g/mol. The van der Waals surface area contributed by atoms with Crippen molar-refractivity contribution in [2.24, 2.45) is 0 Å². The molecule has 5 heteroatoms. The highest BCUT2D eigenvalue weighted by molar-refractivity contribution is 9.09. The van der Waals surface area contributed by atoms with E-state index in [1.165, 1.54) is 0 Å². The Labute approximate surface area is 121 Å². The van der Waals surface area contributed by atoms with Gasteiger partial charge in [0.2, 0.25) is 5.91 Å². The molecule has 0 aliphatic carbocycles. The van der Waals surface area contributed by atoms with E-state index in [9.17, 15) is 4.79 Å². The van der Waals surface area contributed by atoms with E-state index >= 15 is 0 Å². The van der Waals surface area contributed by atoms with Crippen molar-refractivity contribution in [3.63, 3.8) is 0 Å². The fraction of sp³-hybridized carbons (Fsp3) is 0.462. The number of halogens is 2. The number of rotatable bonds is 7. The van der Waals surface area contributed by atoms with Crippen LogP contribution in [-0.2, 0) is 16.0 Å². The lowest BCUT2D eigenvalue weighted by molar-refractivity contribution is -0.121. The first-order valence-corrected chi connectivity index (χ1v) is 7.24. The predicted molar refractivity (Wildman–Crippen MR) is 77.4 cm³/mol. The van der Waals surface area contributed by atoms with Crippen LogP contribution in [0.3, 0.4) is 0 Å². The molecule has 0 spiro atoms. The average Bonchev–Trinajstić information content (AvgIpc) is 2.34. The van der Waals surface area contributed by atoms with Gasteiger partial charge in [0.05, 0.1) is 6.42 Å². The number of carbonyl (C=O) groups is 1. The molecule has 0 heterocycles. The van der Waals surface area contributed by atoms with Crippen LogP contribution in [-0.4, -0.2) is 31.0 Å². The monoisotopic (exact) mass is 333 g/mol. The summed E-state index contributed by atoms with van der Waals surface area (Å²) in [5.74, 6) is -0.00202. The zero-order valence-electron chi connectivity index (χ0n) is 10.3. The molecule has 100 valence electrons. The first-order valence-electron chi connectivity index (χ1n) is 5.74. The van der Waals surface area contributed by atoms with Crippen molar-refractivity contribution >= 4 is 33.4 Å². The first-order chi connectivity index (χ1) is 8.65. The van der Waals surface area contributed by atoms with Gasteiger partial charge in [-0.1, -0.05) is 39.7 Å². The number of carbonyl (C=O) groups excluding carboxylic acids is 1. The molecule has 0 bridgehead atoms. The second-order valence-electron chi connectivity index (χ2n) is 4.01. The van der Waals surface area contributed by atoms with Crippen LogP contribution in [0.5, 0.6) is 0 Å². The summed E-state index contributed by atoms with van der Waals surface area (Å²) >= 11 is 9.25. The fourth-order valence-electron chi connectivity index (χ4n) is 1.56. The van der Waals surface area contributed by atoms with Gasteiger partial charge < -0.3 is 10.1 Å². The molecular weight excluding hydrogens is 318 g/mol. The van der Waals surface area contributed by atoms with Crippen molar-refractivity contribution in [2.45, 2.75) is 18.9 Å². The Kier molecular flexibility index (Phi) is 7.32. The maximum atomic E-state index is 11.8. The summed E-state index contributed by atoms with van der Waals surface area (Å²) in [5, 5.41) is 4.33. The summed E-state index contributed by atoms with van der Waals surface area (Å²) in [5.41, 5.74) is 0.917. The van der Waals surface area contributed by atoms with Crippen LogP contribution in [0.4, 0.5) is 0 Å². The molecule has 1 atom stereocenters. The predicted octanol–water partition coefficient (Wildman–Crippen LogP) is 2.80. The Bertz CT molecular complexity index is 387. The van der Waals surface area contributed by atoms with Gasteiger partial charge in [0.15, 0.2) is 0 Å². The maximum absolute atomic E-state index is 11.8. The number of nitrogens with one attached hydrogen (secondary N) is 1. The highest BCUT2D eigenvalue weighted by Gasteiger charge is 2.11. The lowest BCUT2D eigenvalue weighted by Gasteiger charge is -2.15. The molecule has 1 unspecified atom stereocenters. The molecule has 1 aromatic rings.